The first-order chi connectivity index (χ1) is 17.3. The Labute approximate surface area is 215 Å². The minimum absolute atomic E-state index is 0.175. The largest absolute Gasteiger partial charge is 0.508 e. The molecule has 1 aliphatic rings. The maximum Gasteiger partial charge on any atom is 0.255 e. The summed E-state index contributed by atoms with van der Waals surface area (Å²) in [5.41, 5.74) is 2.57. The predicted octanol–water partition coefficient (Wildman–Crippen LogP) is 3.43. The SMILES string of the molecule is C[C@H](O)[C@H](CO)N1C(=O)c2ccccc2[C@H](C(=O)NCCc2ccc(O)cc2)[C@H]1c1ccc(Cl)cc1. The maximum atomic E-state index is 13.7. The molecule has 0 saturated carbocycles. The highest BCUT2D eigenvalue weighted by Crippen LogP contribution is 2.44. The molecule has 0 radical (unpaired) electrons. The zero-order valence-electron chi connectivity index (χ0n) is 19.8. The van der Waals surface area contributed by atoms with E-state index in [-0.39, 0.29) is 17.6 Å². The average Bonchev–Trinajstić information content (AvgIpc) is 2.87. The Hall–Kier alpha value is -3.39. The fraction of sp³-hybridized carbons (Fsp3) is 0.286. The third kappa shape index (κ3) is 5.23. The Morgan fingerprint density at radius 1 is 1.06 bits per heavy atom. The van der Waals surface area contributed by atoms with Gasteiger partial charge in [-0.1, -0.05) is 54.1 Å². The van der Waals surface area contributed by atoms with E-state index in [4.69, 9.17) is 11.6 Å². The van der Waals surface area contributed by atoms with Gasteiger partial charge in [0.2, 0.25) is 5.91 Å². The number of aromatic hydroxyl groups is 1. The van der Waals surface area contributed by atoms with E-state index in [2.05, 4.69) is 5.32 Å². The van der Waals surface area contributed by atoms with Crippen molar-refractivity contribution in [3.63, 3.8) is 0 Å². The smallest absolute Gasteiger partial charge is 0.255 e. The first-order valence-electron chi connectivity index (χ1n) is 11.8. The number of hydrogen-bond acceptors (Lipinski definition) is 5. The number of nitrogens with one attached hydrogen (secondary N) is 1. The number of phenolic OH excluding ortho intramolecular Hbond substituents is 1. The molecule has 4 N–H and O–H groups in total. The van der Waals surface area contributed by atoms with Gasteiger partial charge in [-0.25, -0.2) is 0 Å². The van der Waals surface area contributed by atoms with Crippen molar-refractivity contribution in [2.24, 2.45) is 0 Å². The van der Waals surface area contributed by atoms with Crippen LogP contribution in [0.2, 0.25) is 5.02 Å². The van der Waals surface area contributed by atoms with Gasteiger partial charge < -0.3 is 25.5 Å². The summed E-state index contributed by atoms with van der Waals surface area (Å²) in [6.07, 6.45) is -0.473. The quantitative estimate of drug-likeness (QED) is 0.372. The van der Waals surface area contributed by atoms with Crippen molar-refractivity contribution < 1.29 is 24.9 Å². The lowest BCUT2D eigenvalue weighted by Crippen LogP contribution is -2.55. The molecule has 7 nitrogen and oxygen atoms in total. The zero-order valence-corrected chi connectivity index (χ0v) is 20.6. The summed E-state index contributed by atoms with van der Waals surface area (Å²) in [5.74, 6) is -1.25. The van der Waals surface area contributed by atoms with Crippen LogP contribution in [0.15, 0.2) is 72.8 Å². The van der Waals surface area contributed by atoms with E-state index in [9.17, 15) is 24.9 Å². The lowest BCUT2D eigenvalue weighted by molar-refractivity contribution is -0.125. The maximum absolute atomic E-state index is 13.7. The van der Waals surface area contributed by atoms with Crippen LogP contribution in [0, 0.1) is 0 Å². The summed E-state index contributed by atoms with van der Waals surface area (Å²) in [4.78, 5) is 28.9. The Kier molecular flexibility index (Phi) is 7.94. The monoisotopic (exact) mass is 508 g/mol. The van der Waals surface area contributed by atoms with Gasteiger partial charge in [0.05, 0.1) is 30.7 Å². The molecule has 1 heterocycles. The fourth-order valence-electron chi connectivity index (χ4n) is 4.79. The predicted molar refractivity (Wildman–Crippen MR) is 137 cm³/mol. The second-order valence-corrected chi connectivity index (χ2v) is 9.41. The van der Waals surface area contributed by atoms with Crippen molar-refractivity contribution in [3.05, 3.63) is 100 Å². The molecule has 1 aliphatic heterocycles. The number of aliphatic hydroxyl groups excluding tert-OH is 2. The number of phenols is 1. The van der Waals surface area contributed by atoms with Crippen LogP contribution in [0.4, 0.5) is 0 Å². The molecule has 0 spiro atoms. The van der Waals surface area contributed by atoms with Gasteiger partial charge in [0.25, 0.3) is 5.91 Å². The Balaban J connectivity index is 1.74. The molecule has 4 atom stereocenters. The van der Waals surface area contributed by atoms with E-state index in [1.54, 1.807) is 72.8 Å². The lowest BCUT2D eigenvalue weighted by atomic mass is 9.78. The Morgan fingerprint density at radius 2 is 1.72 bits per heavy atom. The summed E-state index contributed by atoms with van der Waals surface area (Å²) < 4.78 is 0. The van der Waals surface area contributed by atoms with E-state index < -0.39 is 30.7 Å². The average molecular weight is 509 g/mol. The lowest BCUT2D eigenvalue weighted by Gasteiger charge is -2.46. The van der Waals surface area contributed by atoms with Crippen LogP contribution in [-0.4, -0.2) is 57.3 Å². The number of benzene rings is 3. The van der Waals surface area contributed by atoms with Gasteiger partial charge in [-0.15, -0.1) is 0 Å². The van der Waals surface area contributed by atoms with E-state index in [0.29, 0.717) is 34.7 Å². The number of amides is 2. The van der Waals surface area contributed by atoms with Crippen molar-refractivity contribution in [1.82, 2.24) is 10.2 Å². The summed E-state index contributed by atoms with van der Waals surface area (Å²) in [7, 11) is 0. The first-order valence-corrected chi connectivity index (χ1v) is 12.2. The molecule has 0 aliphatic carbocycles. The van der Waals surface area contributed by atoms with Crippen LogP contribution >= 0.6 is 11.6 Å². The van der Waals surface area contributed by atoms with Crippen LogP contribution < -0.4 is 5.32 Å². The van der Waals surface area contributed by atoms with Gasteiger partial charge in [-0.2, -0.15) is 0 Å². The molecular formula is C28H29ClN2O5. The zero-order chi connectivity index (χ0) is 25.8. The van der Waals surface area contributed by atoms with Crippen molar-refractivity contribution in [2.45, 2.75) is 37.5 Å². The molecule has 0 unspecified atom stereocenters. The van der Waals surface area contributed by atoms with Crippen molar-refractivity contribution in [3.8, 4) is 5.75 Å². The minimum Gasteiger partial charge on any atom is -0.508 e. The molecule has 0 fully saturated rings. The number of nitrogens with zero attached hydrogens (tertiary/aromatic N) is 1. The van der Waals surface area contributed by atoms with Crippen molar-refractivity contribution >= 4 is 23.4 Å². The standard InChI is InChI=1S/C28H29ClN2O5/c1-17(33)24(16-32)31-26(19-8-10-20(29)11-9-19)25(22-4-2-3-5-23(22)28(31)36)27(35)30-15-14-18-6-12-21(34)13-7-18/h2-13,17,24-26,32-34H,14-16H2,1H3,(H,30,35)/t17-,24-,25-,26+/m0/s1. The van der Waals surface area contributed by atoms with Crippen LogP contribution in [-0.2, 0) is 11.2 Å². The number of fused-ring (bicyclic) bond motifs is 1. The second-order valence-electron chi connectivity index (χ2n) is 8.97. The summed E-state index contributed by atoms with van der Waals surface area (Å²) in [6, 6.07) is 18.9. The first kappa shape index (κ1) is 25.7. The van der Waals surface area contributed by atoms with Gasteiger partial charge in [0.15, 0.2) is 0 Å². The van der Waals surface area contributed by atoms with Gasteiger partial charge in [0, 0.05) is 17.1 Å². The highest BCUT2D eigenvalue weighted by atomic mass is 35.5. The van der Waals surface area contributed by atoms with Crippen LogP contribution in [0.3, 0.4) is 0 Å². The van der Waals surface area contributed by atoms with Crippen LogP contribution in [0.25, 0.3) is 0 Å². The molecule has 0 aromatic heterocycles. The second kappa shape index (κ2) is 11.1. The van der Waals surface area contributed by atoms with Crippen LogP contribution in [0.1, 0.15) is 45.9 Å². The summed E-state index contributed by atoms with van der Waals surface area (Å²) in [5, 5.41) is 33.6. The number of carbonyl (C=O) groups excluding carboxylic acids is 2. The molecule has 2 amide bonds. The minimum atomic E-state index is -1.03. The number of hydrogen-bond donors (Lipinski definition) is 4. The van der Waals surface area contributed by atoms with E-state index in [0.717, 1.165) is 5.56 Å². The Bertz CT molecular complexity index is 1210. The van der Waals surface area contributed by atoms with Crippen LogP contribution in [0.5, 0.6) is 5.75 Å². The summed E-state index contributed by atoms with van der Waals surface area (Å²) in [6.45, 7) is 1.40. The van der Waals surface area contributed by atoms with Crippen molar-refractivity contribution in [2.75, 3.05) is 13.2 Å². The molecule has 8 heteroatoms. The topological polar surface area (TPSA) is 110 Å². The molecule has 3 aromatic carbocycles. The third-order valence-corrected chi connectivity index (χ3v) is 6.87. The molecule has 4 rings (SSSR count). The highest BCUT2D eigenvalue weighted by molar-refractivity contribution is 6.30. The summed E-state index contributed by atoms with van der Waals surface area (Å²) >= 11 is 6.12. The fourth-order valence-corrected chi connectivity index (χ4v) is 4.92. The van der Waals surface area contributed by atoms with Gasteiger partial charge in [-0.05, 0) is 60.4 Å². The molecule has 188 valence electrons. The normalized spacial score (nSPS) is 18.9. The molecular weight excluding hydrogens is 480 g/mol. The third-order valence-electron chi connectivity index (χ3n) is 6.62. The molecule has 0 saturated heterocycles. The number of aliphatic hydroxyl groups is 2. The van der Waals surface area contributed by atoms with E-state index in [1.807, 2.05) is 0 Å². The number of rotatable bonds is 8. The molecule has 0 bridgehead atoms. The Morgan fingerprint density at radius 3 is 2.36 bits per heavy atom. The van der Waals surface area contributed by atoms with Gasteiger partial charge in [0.1, 0.15) is 5.75 Å². The van der Waals surface area contributed by atoms with E-state index >= 15 is 0 Å². The number of carbonyl (C=O) groups is 2. The van der Waals surface area contributed by atoms with Crippen molar-refractivity contribution in [1.29, 1.82) is 0 Å². The van der Waals surface area contributed by atoms with Gasteiger partial charge >= 0.3 is 0 Å². The number of halogens is 1. The highest BCUT2D eigenvalue weighted by Gasteiger charge is 2.47. The van der Waals surface area contributed by atoms with Gasteiger partial charge in [-0.3, -0.25) is 9.59 Å². The van der Waals surface area contributed by atoms with E-state index in [1.165, 1.54) is 11.8 Å². The molecule has 3 aromatic rings. The molecule has 36 heavy (non-hydrogen) atoms.